The molecule has 0 aliphatic carbocycles. The summed E-state index contributed by atoms with van der Waals surface area (Å²) in [4.78, 5) is 27.1. The van der Waals surface area contributed by atoms with Crippen LogP contribution in [-0.4, -0.2) is 59.0 Å². The van der Waals surface area contributed by atoms with E-state index in [9.17, 15) is 14.7 Å². The first-order chi connectivity index (χ1) is 9.97. The average Bonchev–Trinajstić information content (AvgIpc) is 2.89. The molecule has 1 aliphatic rings. The summed E-state index contributed by atoms with van der Waals surface area (Å²) < 4.78 is 5.44. The SMILES string of the molecule is Cc1ccc(CCC(=O)N2CCN(C(=O)C(C)O)CC2)o1. The van der Waals surface area contributed by atoms with Crippen LogP contribution in [0.25, 0.3) is 0 Å². The lowest BCUT2D eigenvalue weighted by Gasteiger charge is -2.35. The zero-order chi connectivity index (χ0) is 15.4. The second-order valence-corrected chi connectivity index (χ2v) is 5.39. The van der Waals surface area contributed by atoms with Gasteiger partial charge in [0.15, 0.2) is 0 Å². The van der Waals surface area contributed by atoms with E-state index in [4.69, 9.17) is 4.42 Å². The largest absolute Gasteiger partial charge is 0.466 e. The minimum Gasteiger partial charge on any atom is -0.466 e. The van der Waals surface area contributed by atoms with E-state index >= 15 is 0 Å². The summed E-state index contributed by atoms with van der Waals surface area (Å²) in [5.41, 5.74) is 0. The molecule has 1 aromatic rings. The van der Waals surface area contributed by atoms with E-state index in [-0.39, 0.29) is 11.8 Å². The summed E-state index contributed by atoms with van der Waals surface area (Å²) in [7, 11) is 0. The van der Waals surface area contributed by atoms with Crippen LogP contribution in [0.15, 0.2) is 16.5 Å². The highest BCUT2D eigenvalue weighted by atomic mass is 16.3. The fourth-order valence-corrected chi connectivity index (χ4v) is 2.45. The van der Waals surface area contributed by atoms with E-state index < -0.39 is 6.10 Å². The number of aryl methyl sites for hydroxylation is 2. The Morgan fingerprint density at radius 1 is 1.24 bits per heavy atom. The molecule has 2 rings (SSSR count). The number of carbonyl (C=O) groups is 2. The Bertz CT molecular complexity index is 502. The van der Waals surface area contributed by atoms with Crippen LogP contribution in [0.2, 0.25) is 0 Å². The van der Waals surface area contributed by atoms with Crippen molar-refractivity contribution < 1.29 is 19.1 Å². The van der Waals surface area contributed by atoms with Gasteiger partial charge in [-0.2, -0.15) is 0 Å². The van der Waals surface area contributed by atoms with Crippen LogP contribution >= 0.6 is 0 Å². The molecule has 0 bridgehead atoms. The summed E-state index contributed by atoms with van der Waals surface area (Å²) in [5.74, 6) is 1.48. The highest BCUT2D eigenvalue weighted by Crippen LogP contribution is 2.11. The first-order valence-corrected chi connectivity index (χ1v) is 7.27. The number of hydrogen-bond acceptors (Lipinski definition) is 4. The van der Waals surface area contributed by atoms with E-state index in [1.165, 1.54) is 6.92 Å². The Balaban J connectivity index is 1.76. The molecule has 1 atom stereocenters. The van der Waals surface area contributed by atoms with E-state index in [1.807, 2.05) is 19.1 Å². The van der Waals surface area contributed by atoms with E-state index in [0.29, 0.717) is 39.0 Å². The topological polar surface area (TPSA) is 74.0 Å². The lowest BCUT2D eigenvalue weighted by Crippen LogP contribution is -2.52. The van der Waals surface area contributed by atoms with Gasteiger partial charge in [0.25, 0.3) is 5.91 Å². The summed E-state index contributed by atoms with van der Waals surface area (Å²) in [5, 5.41) is 9.28. The maximum atomic E-state index is 12.1. The first kappa shape index (κ1) is 15.6. The van der Waals surface area contributed by atoms with Crippen LogP contribution in [-0.2, 0) is 16.0 Å². The smallest absolute Gasteiger partial charge is 0.251 e. The van der Waals surface area contributed by atoms with E-state index in [1.54, 1.807) is 9.80 Å². The number of nitrogens with zero attached hydrogens (tertiary/aromatic N) is 2. The van der Waals surface area contributed by atoms with Crippen molar-refractivity contribution in [3.05, 3.63) is 23.7 Å². The highest BCUT2D eigenvalue weighted by molar-refractivity contribution is 5.81. The van der Waals surface area contributed by atoms with Crippen LogP contribution in [0, 0.1) is 6.92 Å². The van der Waals surface area contributed by atoms with Crippen molar-refractivity contribution in [2.45, 2.75) is 32.8 Å². The minimum atomic E-state index is -0.977. The molecular formula is C15H22N2O4. The molecule has 2 amide bonds. The van der Waals surface area contributed by atoms with E-state index in [2.05, 4.69) is 0 Å². The average molecular weight is 294 g/mol. The lowest BCUT2D eigenvalue weighted by molar-refractivity contribution is -0.144. The van der Waals surface area contributed by atoms with Gasteiger partial charge in [0, 0.05) is 39.0 Å². The third-order valence-electron chi connectivity index (χ3n) is 3.68. The number of carbonyl (C=O) groups excluding carboxylic acids is 2. The molecule has 1 aromatic heterocycles. The van der Waals surface area contributed by atoms with Crippen LogP contribution in [0.5, 0.6) is 0 Å². The number of aliphatic hydroxyl groups is 1. The number of aliphatic hydroxyl groups excluding tert-OH is 1. The van der Waals surface area contributed by atoms with Crippen LogP contribution in [0.4, 0.5) is 0 Å². The van der Waals surface area contributed by atoms with E-state index in [0.717, 1.165) is 11.5 Å². The highest BCUT2D eigenvalue weighted by Gasteiger charge is 2.25. The van der Waals surface area contributed by atoms with Crippen molar-refractivity contribution in [1.29, 1.82) is 0 Å². The third kappa shape index (κ3) is 4.07. The number of piperazine rings is 1. The van der Waals surface area contributed by atoms with Crippen LogP contribution in [0.3, 0.4) is 0 Å². The minimum absolute atomic E-state index is 0.0770. The van der Waals surface area contributed by atoms with Crippen molar-refractivity contribution in [2.75, 3.05) is 26.2 Å². The molecule has 1 fully saturated rings. The van der Waals surface area contributed by atoms with Gasteiger partial charge in [-0.15, -0.1) is 0 Å². The molecule has 1 aliphatic heterocycles. The molecule has 6 nitrogen and oxygen atoms in total. The predicted octanol–water partition coefficient (Wildman–Crippen LogP) is 0.572. The Kier molecular flexibility index (Phi) is 5.01. The van der Waals surface area contributed by atoms with Crippen molar-refractivity contribution in [1.82, 2.24) is 9.80 Å². The fraction of sp³-hybridized carbons (Fsp3) is 0.600. The third-order valence-corrected chi connectivity index (χ3v) is 3.68. The Morgan fingerprint density at radius 3 is 2.38 bits per heavy atom. The first-order valence-electron chi connectivity index (χ1n) is 7.27. The standard InChI is InChI=1S/C15H22N2O4/c1-11-3-4-13(21-11)5-6-14(19)16-7-9-17(10-8-16)15(20)12(2)18/h3-4,12,18H,5-10H2,1-2H3. The molecule has 0 aromatic carbocycles. The molecule has 1 saturated heterocycles. The maximum absolute atomic E-state index is 12.1. The number of rotatable bonds is 4. The van der Waals surface area contributed by atoms with Gasteiger partial charge in [-0.1, -0.05) is 0 Å². The molecule has 1 N–H and O–H groups in total. The molecule has 1 unspecified atom stereocenters. The summed E-state index contributed by atoms with van der Waals surface area (Å²) in [6.45, 7) is 5.35. The van der Waals surface area contributed by atoms with Crippen molar-refractivity contribution >= 4 is 11.8 Å². The molecule has 0 spiro atoms. The molecule has 21 heavy (non-hydrogen) atoms. The summed E-state index contributed by atoms with van der Waals surface area (Å²) in [6, 6.07) is 3.78. The lowest BCUT2D eigenvalue weighted by atomic mass is 10.2. The number of amides is 2. The second kappa shape index (κ2) is 6.76. The zero-order valence-electron chi connectivity index (χ0n) is 12.5. The molecule has 0 saturated carbocycles. The van der Waals surface area contributed by atoms with Gasteiger partial charge in [-0.25, -0.2) is 0 Å². The number of hydrogen-bond donors (Lipinski definition) is 1. The van der Waals surface area contributed by atoms with Crippen molar-refractivity contribution in [2.24, 2.45) is 0 Å². The van der Waals surface area contributed by atoms with Gasteiger partial charge >= 0.3 is 0 Å². The van der Waals surface area contributed by atoms with Crippen LogP contribution < -0.4 is 0 Å². The quantitative estimate of drug-likeness (QED) is 0.881. The second-order valence-electron chi connectivity index (χ2n) is 5.39. The van der Waals surface area contributed by atoms with Crippen LogP contribution in [0.1, 0.15) is 24.9 Å². The fourth-order valence-electron chi connectivity index (χ4n) is 2.45. The van der Waals surface area contributed by atoms with Gasteiger partial charge in [-0.05, 0) is 26.0 Å². The molecular weight excluding hydrogens is 272 g/mol. The molecule has 6 heteroatoms. The zero-order valence-corrected chi connectivity index (χ0v) is 12.5. The number of furan rings is 1. The summed E-state index contributed by atoms with van der Waals surface area (Å²) >= 11 is 0. The Morgan fingerprint density at radius 2 is 1.86 bits per heavy atom. The molecule has 0 radical (unpaired) electrons. The van der Waals surface area contributed by atoms with Gasteiger partial charge < -0.3 is 19.3 Å². The Hall–Kier alpha value is -1.82. The summed E-state index contributed by atoms with van der Waals surface area (Å²) in [6.07, 6.45) is 0.0333. The normalized spacial score (nSPS) is 16.9. The molecule has 2 heterocycles. The Labute approximate surface area is 124 Å². The predicted molar refractivity (Wildman–Crippen MR) is 76.6 cm³/mol. The monoisotopic (exact) mass is 294 g/mol. The maximum Gasteiger partial charge on any atom is 0.251 e. The van der Waals surface area contributed by atoms with Gasteiger partial charge in [-0.3, -0.25) is 9.59 Å². The van der Waals surface area contributed by atoms with Gasteiger partial charge in [0.05, 0.1) is 0 Å². The van der Waals surface area contributed by atoms with Gasteiger partial charge in [0.2, 0.25) is 5.91 Å². The van der Waals surface area contributed by atoms with Gasteiger partial charge in [0.1, 0.15) is 17.6 Å². The van der Waals surface area contributed by atoms with Crippen molar-refractivity contribution in [3.63, 3.8) is 0 Å². The van der Waals surface area contributed by atoms with Crippen molar-refractivity contribution in [3.8, 4) is 0 Å². The molecule has 116 valence electrons.